The summed E-state index contributed by atoms with van der Waals surface area (Å²) >= 11 is 0. The Balaban J connectivity index is 1.66. The van der Waals surface area contributed by atoms with Gasteiger partial charge in [0.05, 0.1) is 30.9 Å². The molecule has 8 heteroatoms. The van der Waals surface area contributed by atoms with Gasteiger partial charge in [-0.1, -0.05) is 18.2 Å². The molecule has 3 aromatic rings. The average molecular weight is 414 g/mol. The van der Waals surface area contributed by atoms with E-state index < -0.39 is 10.0 Å². The van der Waals surface area contributed by atoms with Gasteiger partial charge >= 0.3 is 0 Å². The normalized spacial score (nSPS) is 12.3. The molecule has 1 heterocycles. The van der Waals surface area contributed by atoms with E-state index >= 15 is 0 Å². The number of hydrogen-bond acceptors (Lipinski definition) is 5. The van der Waals surface area contributed by atoms with Gasteiger partial charge < -0.3 is 14.5 Å². The third kappa shape index (κ3) is 5.04. The number of carbonyl (C=O) groups is 1. The molecule has 0 unspecified atom stereocenters. The maximum atomic E-state index is 12.5. The summed E-state index contributed by atoms with van der Waals surface area (Å²) < 4.78 is 37.6. The molecule has 0 radical (unpaired) electrons. The summed E-state index contributed by atoms with van der Waals surface area (Å²) in [5.74, 6) is 0.884. The lowest BCUT2D eigenvalue weighted by atomic mass is 10.1. The van der Waals surface area contributed by atoms with Gasteiger partial charge in [0.15, 0.2) is 0 Å². The molecule has 0 aliphatic rings. The zero-order chi connectivity index (χ0) is 20.9. The van der Waals surface area contributed by atoms with Crippen molar-refractivity contribution in [1.29, 1.82) is 0 Å². The highest BCUT2D eigenvalue weighted by Crippen LogP contribution is 2.24. The number of furan rings is 1. The maximum Gasteiger partial charge on any atom is 0.251 e. The Morgan fingerprint density at radius 1 is 1.07 bits per heavy atom. The number of amides is 1. The Hall–Kier alpha value is -3.10. The molecule has 152 valence electrons. The number of rotatable bonds is 8. The topological polar surface area (TPSA) is 97.6 Å². The van der Waals surface area contributed by atoms with E-state index in [9.17, 15) is 13.2 Å². The lowest BCUT2D eigenvalue weighted by molar-refractivity contribution is 0.0939. The monoisotopic (exact) mass is 414 g/mol. The van der Waals surface area contributed by atoms with Crippen molar-refractivity contribution in [2.24, 2.45) is 0 Å². The van der Waals surface area contributed by atoms with Crippen LogP contribution in [0.25, 0.3) is 0 Å². The minimum Gasteiger partial charge on any atom is -0.496 e. The molecule has 29 heavy (non-hydrogen) atoms. The fraction of sp³-hybridized carbons (Fsp3) is 0.190. The van der Waals surface area contributed by atoms with Gasteiger partial charge in [0, 0.05) is 11.1 Å². The van der Waals surface area contributed by atoms with Gasteiger partial charge in [0.1, 0.15) is 11.5 Å². The van der Waals surface area contributed by atoms with Crippen LogP contribution in [0.3, 0.4) is 0 Å². The van der Waals surface area contributed by atoms with E-state index in [0.29, 0.717) is 17.1 Å². The third-order valence-electron chi connectivity index (χ3n) is 4.40. The molecule has 1 amide bonds. The molecule has 0 fully saturated rings. The largest absolute Gasteiger partial charge is 0.496 e. The molecule has 0 aliphatic heterocycles. The van der Waals surface area contributed by atoms with Crippen molar-refractivity contribution < 1.29 is 22.4 Å². The fourth-order valence-corrected chi connectivity index (χ4v) is 3.82. The number of benzene rings is 2. The van der Waals surface area contributed by atoms with Crippen LogP contribution in [0.2, 0.25) is 0 Å². The van der Waals surface area contributed by atoms with Crippen molar-refractivity contribution >= 4 is 15.9 Å². The van der Waals surface area contributed by atoms with Gasteiger partial charge in [-0.2, -0.15) is 0 Å². The van der Waals surface area contributed by atoms with E-state index in [4.69, 9.17) is 9.15 Å². The minimum absolute atomic E-state index is 0.0496. The number of ether oxygens (including phenoxy) is 1. The van der Waals surface area contributed by atoms with Crippen LogP contribution in [0.5, 0.6) is 5.75 Å². The number of nitrogens with one attached hydrogen (secondary N) is 2. The predicted octanol–water partition coefficient (Wildman–Crippen LogP) is 3.26. The summed E-state index contributed by atoms with van der Waals surface area (Å²) in [4.78, 5) is 12.6. The molecule has 0 saturated carbocycles. The molecular formula is C21H22N2O5S. The molecule has 0 spiro atoms. The van der Waals surface area contributed by atoms with Crippen LogP contribution in [-0.4, -0.2) is 21.4 Å². The second-order valence-electron chi connectivity index (χ2n) is 6.37. The number of sulfonamides is 1. The van der Waals surface area contributed by atoms with Crippen LogP contribution < -0.4 is 14.8 Å². The second-order valence-corrected chi connectivity index (χ2v) is 8.13. The van der Waals surface area contributed by atoms with Gasteiger partial charge in [-0.25, -0.2) is 13.1 Å². The van der Waals surface area contributed by atoms with E-state index in [0.717, 1.165) is 5.56 Å². The number of carbonyl (C=O) groups excluding carboxylic acids is 1. The molecular weight excluding hydrogens is 392 g/mol. The quantitative estimate of drug-likeness (QED) is 0.590. The summed E-state index contributed by atoms with van der Waals surface area (Å²) in [7, 11) is -2.14. The van der Waals surface area contributed by atoms with Crippen LogP contribution in [0.4, 0.5) is 0 Å². The van der Waals surface area contributed by atoms with Crippen LogP contribution in [-0.2, 0) is 16.6 Å². The minimum atomic E-state index is -3.71. The summed E-state index contributed by atoms with van der Waals surface area (Å²) in [5, 5.41) is 2.89. The molecule has 0 aliphatic carbocycles. The average Bonchev–Trinajstić information content (AvgIpc) is 3.26. The highest BCUT2D eigenvalue weighted by molar-refractivity contribution is 7.89. The number of para-hydroxylation sites is 1. The van der Waals surface area contributed by atoms with Crippen molar-refractivity contribution in [2.45, 2.75) is 24.4 Å². The van der Waals surface area contributed by atoms with Gasteiger partial charge in [0.25, 0.3) is 5.91 Å². The van der Waals surface area contributed by atoms with Crippen LogP contribution >= 0.6 is 0 Å². The van der Waals surface area contributed by atoms with E-state index in [1.54, 1.807) is 19.2 Å². The first-order chi connectivity index (χ1) is 13.9. The Morgan fingerprint density at radius 2 is 1.79 bits per heavy atom. The number of methoxy groups -OCH3 is 1. The van der Waals surface area contributed by atoms with Gasteiger partial charge in [-0.15, -0.1) is 0 Å². The summed E-state index contributed by atoms with van der Waals surface area (Å²) in [6.07, 6.45) is 1.48. The first-order valence-electron chi connectivity index (χ1n) is 8.96. The van der Waals surface area contributed by atoms with E-state index in [-0.39, 0.29) is 23.4 Å². The first kappa shape index (κ1) is 20.6. The first-order valence-corrected chi connectivity index (χ1v) is 10.4. The van der Waals surface area contributed by atoms with Crippen molar-refractivity contribution in [1.82, 2.24) is 10.0 Å². The smallest absolute Gasteiger partial charge is 0.251 e. The van der Waals surface area contributed by atoms with Crippen LogP contribution in [0, 0.1) is 0 Å². The maximum absolute atomic E-state index is 12.5. The highest BCUT2D eigenvalue weighted by Gasteiger charge is 2.17. The fourth-order valence-electron chi connectivity index (χ4n) is 2.83. The lowest BCUT2D eigenvalue weighted by Crippen LogP contribution is -2.27. The summed E-state index contributed by atoms with van der Waals surface area (Å²) in [6, 6.07) is 16.3. The highest BCUT2D eigenvalue weighted by atomic mass is 32.2. The summed E-state index contributed by atoms with van der Waals surface area (Å²) in [6.45, 7) is 1.90. The lowest BCUT2D eigenvalue weighted by Gasteiger charge is -2.17. The molecule has 0 bridgehead atoms. The zero-order valence-electron chi connectivity index (χ0n) is 16.1. The molecule has 2 N–H and O–H groups in total. The van der Waals surface area contributed by atoms with Crippen molar-refractivity contribution in [2.75, 3.05) is 7.11 Å². The van der Waals surface area contributed by atoms with Gasteiger partial charge in [-0.3, -0.25) is 4.79 Å². The molecule has 7 nitrogen and oxygen atoms in total. The van der Waals surface area contributed by atoms with E-state index in [1.165, 1.54) is 30.5 Å². The summed E-state index contributed by atoms with van der Waals surface area (Å²) in [5.41, 5.74) is 1.21. The Kier molecular flexibility index (Phi) is 6.36. The molecule has 1 aromatic heterocycles. The third-order valence-corrected chi connectivity index (χ3v) is 5.81. The van der Waals surface area contributed by atoms with Crippen LogP contribution in [0.15, 0.2) is 76.2 Å². The van der Waals surface area contributed by atoms with Crippen LogP contribution in [0.1, 0.15) is 34.6 Å². The molecule has 0 saturated heterocycles. The Labute approximate surface area is 169 Å². The molecule has 1 atom stereocenters. The molecule has 3 rings (SSSR count). The van der Waals surface area contributed by atoms with Gasteiger partial charge in [0.2, 0.25) is 10.0 Å². The Bertz CT molecular complexity index is 1060. The van der Waals surface area contributed by atoms with E-state index in [2.05, 4.69) is 10.0 Å². The van der Waals surface area contributed by atoms with Crippen molar-refractivity contribution in [3.63, 3.8) is 0 Å². The predicted molar refractivity (Wildman–Crippen MR) is 108 cm³/mol. The zero-order valence-corrected chi connectivity index (χ0v) is 16.9. The SMILES string of the molecule is COc1ccccc1[C@@H](C)NC(=O)c1ccc(S(=O)(=O)NCc2ccco2)cc1. The number of hydrogen-bond donors (Lipinski definition) is 2. The standard InChI is InChI=1S/C21H22N2O5S/c1-15(19-7-3-4-8-20(19)27-2)23-21(24)16-9-11-18(12-10-16)29(25,26)22-14-17-6-5-13-28-17/h3-13,15,22H,14H2,1-2H3,(H,23,24)/t15-/m1/s1. The van der Waals surface area contributed by atoms with E-state index in [1.807, 2.05) is 31.2 Å². The van der Waals surface area contributed by atoms with Crippen molar-refractivity contribution in [3.05, 3.63) is 83.8 Å². The van der Waals surface area contributed by atoms with Crippen molar-refractivity contribution in [3.8, 4) is 5.75 Å². The molecule has 2 aromatic carbocycles. The Morgan fingerprint density at radius 3 is 2.45 bits per heavy atom. The second kappa shape index (κ2) is 8.93. The van der Waals surface area contributed by atoms with Gasteiger partial charge in [-0.05, 0) is 49.4 Å².